The van der Waals surface area contributed by atoms with Crippen LogP contribution in [0, 0.1) is 0 Å². The Morgan fingerprint density at radius 1 is 0.857 bits per heavy atom. The Hall–Kier alpha value is -1.89. The van der Waals surface area contributed by atoms with Crippen LogP contribution in [0.4, 0.5) is 0 Å². The van der Waals surface area contributed by atoms with E-state index >= 15 is 0 Å². The zero-order valence-corrected chi connectivity index (χ0v) is 17.3. The Balaban J connectivity index is 1.90. The van der Waals surface area contributed by atoms with Gasteiger partial charge in [-0.2, -0.15) is 0 Å². The van der Waals surface area contributed by atoms with Crippen LogP contribution in [0.2, 0.25) is 10.0 Å². The standard InChI is InChI=1S/C21H20Cl2N2O2S/c22-18-12-11-17(19(23)13-18)14-28(26,27)25-21(16-9-5-2-6-10-16)20(24)15-7-3-1-4-8-15/h1-13,20-21,25H,14,24H2. The van der Waals surface area contributed by atoms with Crippen molar-refractivity contribution < 1.29 is 8.42 Å². The third kappa shape index (κ3) is 5.34. The van der Waals surface area contributed by atoms with E-state index in [0.717, 1.165) is 11.1 Å². The Morgan fingerprint density at radius 2 is 1.43 bits per heavy atom. The molecule has 0 aliphatic rings. The summed E-state index contributed by atoms with van der Waals surface area (Å²) in [4.78, 5) is 0. The predicted molar refractivity (Wildman–Crippen MR) is 115 cm³/mol. The molecule has 0 fully saturated rings. The van der Waals surface area contributed by atoms with E-state index in [0.29, 0.717) is 15.6 Å². The maximum atomic E-state index is 12.9. The minimum absolute atomic E-state index is 0.270. The van der Waals surface area contributed by atoms with Crippen molar-refractivity contribution in [3.05, 3.63) is 106 Å². The number of sulfonamides is 1. The molecule has 0 heterocycles. The maximum absolute atomic E-state index is 12.9. The zero-order chi connectivity index (χ0) is 20.1. The van der Waals surface area contributed by atoms with Crippen LogP contribution >= 0.6 is 23.2 Å². The van der Waals surface area contributed by atoms with Crippen molar-refractivity contribution in [2.24, 2.45) is 5.73 Å². The molecule has 3 aromatic rings. The lowest BCUT2D eigenvalue weighted by molar-refractivity contribution is 0.503. The second kappa shape index (κ2) is 9.07. The van der Waals surface area contributed by atoms with Crippen molar-refractivity contribution in [1.29, 1.82) is 0 Å². The van der Waals surface area contributed by atoms with Crippen molar-refractivity contribution in [3.8, 4) is 0 Å². The van der Waals surface area contributed by atoms with Crippen molar-refractivity contribution in [1.82, 2.24) is 4.72 Å². The van der Waals surface area contributed by atoms with Gasteiger partial charge in [0.2, 0.25) is 10.0 Å². The average Bonchev–Trinajstić information content (AvgIpc) is 2.69. The van der Waals surface area contributed by atoms with Gasteiger partial charge in [-0.1, -0.05) is 89.9 Å². The highest BCUT2D eigenvalue weighted by molar-refractivity contribution is 7.88. The summed E-state index contributed by atoms with van der Waals surface area (Å²) in [6.45, 7) is 0. The van der Waals surface area contributed by atoms with E-state index < -0.39 is 22.1 Å². The summed E-state index contributed by atoms with van der Waals surface area (Å²) >= 11 is 12.0. The van der Waals surface area contributed by atoms with E-state index in [2.05, 4.69) is 4.72 Å². The molecule has 2 atom stereocenters. The topological polar surface area (TPSA) is 72.2 Å². The van der Waals surface area contributed by atoms with Gasteiger partial charge in [0.05, 0.1) is 17.8 Å². The van der Waals surface area contributed by atoms with Crippen LogP contribution in [0.5, 0.6) is 0 Å². The number of nitrogens with one attached hydrogen (secondary N) is 1. The lowest BCUT2D eigenvalue weighted by atomic mass is 9.95. The molecule has 0 bridgehead atoms. The zero-order valence-electron chi connectivity index (χ0n) is 14.9. The first-order valence-electron chi connectivity index (χ1n) is 8.65. The van der Waals surface area contributed by atoms with Gasteiger partial charge in [-0.05, 0) is 28.8 Å². The monoisotopic (exact) mass is 434 g/mol. The van der Waals surface area contributed by atoms with Gasteiger partial charge < -0.3 is 5.73 Å². The van der Waals surface area contributed by atoms with E-state index in [4.69, 9.17) is 28.9 Å². The molecule has 0 aromatic heterocycles. The number of nitrogens with two attached hydrogens (primary N) is 1. The third-order valence-corrected chi connectivity index (χ3v) is 6.26. The third-order valence-electron chi connectivity index (χ3n) is 4.37. The van der Waals surface area contributed by atoms with Gasteiger partial charge >= 0.3 is 0 Å². The molecule has 0 radical (unpaired) electrons. The Labute approximate surface area is 175 Å². The molecular formula is C21H20Cl2N2O2S. The highest BCUT2D eigenvalue weighted by Gasteiger charge is 2.27. The molecular weight excluding hydrogens is 415 g/mol. The van der Waals surface area contributed by atoms with E-state index in [1.807, 2.05) is 60.7 Å². The van der Waals surface area contributed by atoms with Crippen LogP contribution in [-0.2, 0) is 15.8 Å². The molecule has 146 valence electrons. The SMILES string of the molecule is NC(c1ccccc1)C(NS(=O)(=O)Cc1ccc(Cl)cc1Cl)c1ccccc1. The van der Waals surface area contributed by atoms with Gasteiger partial charge in [0.1, 0.15) is 0 Å². The molecule has 28 heavy (non-hydrogen) atoms. The van der Waals surface area contributed by atoms with Gasteiger partial charge in [0, 0.05) is 10.0 Å². The van der Waals surface area contributed by atoms with Crippen LogP contribution < -0.4 is 10.5 Å². The fraction of sp³-hybridized carbons (Fsp3) is 0.143. The summed E-state index contributed by atoms with van der Waals surface area (Å²) in [6.07, 6.45) is 0. The smallest absolute Gasteiger partial charge is 0.216 e. The Bertz CT molecular complexity index is 1030. The highest BCUT2D eigenvalue weighted by atomic mass is 35.5. The Kier molecular flexibility index (Phi) is 6.75. The largest absolute Gasteiger partial charge is 0.322 e. The van der Waals surface area contributed by atoms with Gasteiger partial charge in [-0.25, -0.2) is 13.1 Å². The first kappa shape index (κ1) is 20.8. The van der Waals surface area contributed by atoms with Gasteiger partial charge in [0.25, 0.3) is 0 Å². The van der Waals surface area contributed by atoms with Gasteiger partial charge in [-0.3, -0.25) is 0 Å². The number of benzene rings is 3. The minimum atomic E-state index is -3.73. The molecule has 0 aliphatic heterocycles. The minimum Gasteiger partial charge on any atom is -0.322 e. The molecule has 4 nitrogen and oxygen atoms in total. The van der Waals surface area contributed by atoms with Crippen molar-refractivity contribution in [3.63, 3.8) is 0 Å². The summed E-state index contributed by atoms with van der Waals surface area (Å²) in [5, 5.41) is 0.758. The lowest BCUT2D eigenvalue weighted by Gasteiger charge is -2.26. The molecule has 0 saturated carbocycles. The highest BCUT2D eigenvalue weighted by Crippen LogP contribution is 2.29. The molecule has 2 unspecified atom stereocenters. The van der Waals surface area contributed by atoms with Crippen LogP contribution in [0.3, 0.4) is 0 Å². The van der Waals surface area contributed by atoms with Crippen molar-refractivity contribution in [2.45, 2.75) is 17.8 Å². The first-order valence-corrected chi connectivity index (χ1v) is 11.1. The molecule has 0 saturated heterocycles. The molecule has 0 amide bonds. The fourth-order valence-electron chi connectivity index (χ4n) is 2.96. The average molecular weight is 435 g/mol. The molecule has 3 rings (SSSR count). The quantitative estimate of drug-likeness (QED) is 0.557. The van der Waals surface area contributed by atoms with Gasteiger partial charge in [0.15, 0.2) is 0 Å². The second-order valence-electron chi connectivity index (χ2n) is 6.44. The predicted octanol–water partition coefficient (Wildman–Crippen LogP) is 4.85. The molecule has 0 aliphatic carbocycles. The summed E-state index contributed by atoms with van der Waals surface area (Å²) in [6, 6.07) is 22.2. The van der Waals surface area contributed by atoms with Crippen LogP contribution in [0.1, 0.15) is 28.8 Å². The van der Waals surface area contributed by atoms with E-state index in [-0.39, 0.29) is 5.75 Å². The summed E-state index contributed by atoms with van der Waals surface area (Å²) in [5.41, 5.74) is 8.54. The van der Waals surface area contributed by atoms with Gasteiger partial charge in [-0.15, -0.1) is 0 Å². The lowest BCUT2D eigenvalue weighted by Crippen LogP contribution is -2.36. The van der Waals surface area contributed by atoms with Crippen molar-refractivity contribution >= 4 is 33.2 Å². The number of rotatable bonds is 7. The van der Waals surface area contributed by atoms with Crippen molar-refractivity contribution in [2.75, 3.05) is 0 Å². The number of halogens is 2. The number of hydrogen-bond donors (Lipinski definition) is 2. The molecule has 0 spiro atoms. The molecule has 3 aromatic carbocycles. The normalized spacial score (nSPS) is 13.8. The van der Waals surface area contributed by atoms with Crippen LogP contribution in [0.25, 0.3) is 0 Å². The first-order chi connectivity index (χ1) is 13.4. The maximum Gasteiger partial charge on any atom is 0.216 e. The molecule has 3 N–H and O–H groups in total. The number of hydrogen-bond acceptors (Lipinski definition) is 3. The fourth-order valence-corrected chi connectivity index (χ4v) is 4.92. The summed E-state index contributed by atoms with van der Waals surface area (Å²) < 4.78 is 28.6. The van der Waals surface area contributed by atoms with Crippen LogP contribution in [-0.4, -0.2) is 8.42 Å². The second-order valence-corrected chi connectivity index (χ2v) is 9.03. The summed E-state index contributed by atoms with van der Waals surface area (Å²) in [5.74, 6) is -0.270. The molecule has 7 heteroatoms. The van der Waals surface area contributed by atoms with E-state index in [9.17, 15) is 8.42 Å². The van der Waals surface area contributed by atoms with E-state index in [1.165, 1.54) is 6.07 Å². The summed E-state index contributed by atoms with van der Waals surface area (Å²) in [7, 11) is -3.73. The van der Waals surface area contributed by atoms with Crippen LogP contribution in [0.15, 0.2) is 78.9 Å². The Morgan fingerprint density at radius 3 is 2.00 bits per heavy atom. The van der Waals surface area contributed by atoms with E-state index in [1.54, 1.807) is 12.1 Å².